The molecule has 0 aromatic heterocycles. The van der Waals surface area contributed by atoms with Gasteiger partial charge in [-0.15, -0.1) is 0 Å². The van der Waals surface area contributed by atoms with Crippen molar-refractivity contribution in [3.8, 4) is 11.5 Å². The van der Waals surface area contributed by atoms with Crippen molar-refractivity contribution in [1.82, 2.24) is 0 Å². The number of para-hydroxylation sites is 1. The van der Waals surface area contributed by atoms with Crippen LogP contribution in [0.3, 0.4) is 0 Å². The van der Waals surface area contributed by atoms with Gasteiger partial charge >= 0.3 is 5.97 Å². The van der Waals surface area contributed by atoms with Gasteiger partial charge in [-0.25, -0.2) is 4.79 Å². The maximum absolute atomic E-state index is 10.8. The van der Waals surface area contributed by atoms with Crippen molar-refractivity contribution in [1.29, 1.82) is 0 Å². The van der Waals surface area contributed by atoms with Crippen LogP contribution in [0.1, 0.15) is 23.6 Å². The van der Waals surface area contributed by atoms with E-state index < -0.39 is 12.6 Å². The van der Waals surface area contributed by atoms with E-state index in [0.717, 1.165) is 28.9 Å². The van der Waals surface area contributed by atoms with Crippen LogP contribution in [0.2, 0.25) is 0 Å². The summed E-state index contributed by atoms with van der Waals surface area (Å²) in [5, 5.41) is 15.8. The summed E-state index contributed by atoms with van der Waals surface area (Å²) in [5.41, 5.74) is 4.11. The molecule has 0 amide bonds. The largest absolute Gasteiger partial charge is 0.493 e. The number of hydrogen-bond acceptors (Lipinski definition) is 5. The summed E-state index contributed by atoms with van der Waals surface area (Å²) in [4.78, 5) is 10.8. The van der Waals surface area contributed by atoms with Crippen LogP contribution < -0.4 is 14.5 Å². The molecule has 0 spiro atoms. The fraction of sp³-hybridized carbons (Fsp3) is 0.167. The number of carboxylic acids is 1. The molecule has 0 bridgehead atoms. The number of methoxy groups -OCH3 is 1. The van der Waals surface area contributed by atoms with E-state index in [1.165, 1.54) is 0 Å². The maximum Gasteiger partial charge on any atom is 0.341 e. The van der Waals surface area contributed by atoms with Crippen molar-refractivity contribution in [2.75, 3.05) is 18.7 Å². The van der Waals surface area contributed by atoms with Crippen LogP contribution in [0.15, 0.2) is 84.0 Å². The SMILES string of the molecule is COc1cc([C@H]2CC(c3ccccc3)=NN2c2ccccc2)ccc1OCC(=O)O. The first kappa shape index (κ1) is 19.5. The Bertz CT molecular complexity index is 1050. The number of carbonyl (C=O) groups is 1. The van der Waals surface area contributed by atoms with Gasteiger partial charge in [0.2, 0.25) is 0 Å². The molecular weight excluding hydrogens is 380 g/mol. The zero-order chi connectivity index (χ0) is 20.9. The highest BCUT2D eigenvalue weighted by atomic mass is 16.5. The van der Waals surface area contributed by atoms with Crippen molar-refractivity contribution in [3.05, 3.63) is 90.0 Å². The number of anilines is 1. The van der Waals surface area contributed by atoms with E-state index in [4.69, 9.17) is 19.7 Å². The summed E-state index contributed by atoms with van der Waals surface area (Å²) in [7, 11) is 1.54. The minimum atomic E-state index is -1.03. The second-order valence-corrected chi connectivity index (χ2v) is 6.91. The van der Waals surface area contributed by atoms with E-state index in [9.17, 15) is 4.79 Å². The molecule has 0 aliphatic carbocycles. The van der Waals surface area contributed by atoms with E-state index in [2.05, 4.69) is 12.1 Å². The molecule has 4 rings (SSSR count). The van der Waals surface area contributed by atoms with Gasteiger partial charge in [0.1, 0.15) is 0 Å². The quantitative estimate of drug-likeness (QED) is 0.629. The lowest BCUT2D eigenvalue weighted by Crippen LogP contribution is -2.18. The zero-order valence-electron chi connectivity index (χ0n) is 16.6. The number of hydrazone groups is 1. The summed E-state index contributed by atoms with van der Waals surface area (Å²) in [6, 6.07) is 25.7. The highest BCUT2D eigenvalue weighted by Gasteiger charge is 2.30. The highest BCUT2D eigenvalue weighted by Crippen LogP contribution is 2.39. The molecule has 1 aliphatic rings. The molecule has 152 valence electrons. The number of benzene rings is 3. The Hall–Kier alpha value is -3.80. The van der Waals surface area contributed by atoms with Gasteiger partial charge in [0.25, 0.3) is 0 Å². The molecule has 0 saturated heterocycles. The van der Waals surface area contributed by atoms with Crippen LogP contribution in [0.5, 0.6) is 11.5 Å². The summed E-state index contributed by atoms with van der Waals surface area (Å²) in [5.74, 6) is -0.139. The van der Waals surface area contributed by atoms with Crippen molar-refractivity contribution in [2.24, 2.45) is 5.10 Å². The third kappa shape index (κ3) is 4.12. The van der Waals surface area contributed by atoms with Crippen LogP contribution in [0, 0.1) is 0 Å². The molecule has 0 unspecified atom stereocenters. The number of carboxylic acid groups (broad SMARTS) is 1. The van der Waals surface area contributed by atoms with Gasteiger partial charge < -0.3 is 14.6 Å². The summed E-state index contributed by atoms with van der Waals surface area (Å²) in [6.07, 6.45) is 0.734. The van der Waals surface area contributed by atoms with Crippen molar-refractivity contribution in [3.63, 3.8) is 0 Å². The van der Waals surface area contributed by atoms with E-state index in [0.29, 0.717) is 11.5 Å². The topological polar surface area (TPSA) is 71.4 Å². The molecule has 0 radical (unpaired) electrons. The normalized spacial score (nSPS) is 15.6. The molecule has 1 heterocycles. The molecule has 0 fully saturated rings. The Balaban J connectivity index is 1.69. The van der Waals surface area contributed by atoms with Crippen LogP contribution in [-0.4, -0.2) is 30.5 Å². The van der Waals surface area contributed by atoms with Crippen LogP contribution >= 0.6 is 0 Å². The Labute approximate surface area is 175 Å². The van der Waals surface area contributed by atoms with E-state index in [1.807, 2.05) is 65.7 Å². The van der Waals surface area contributed by atoms with Crippen LogP contribution in [0.4, 0.5) is 5.69 Å². The van der Waals surface area contributed by atoms with E-state index in [-0.39, 0.29) is 6.04 Å². The predicted octanol–water partition coefficient (Wildman–Crippen LogP) is 4.51. The van der Waals surface area contributed by atoms with Crippen molar-refractivity contribution < 1.29 is 19.4 Å². The third-order valence-corrected chi connectivity index (χ3v) is 4.96. The summed E-state index contributed by atoms with van der Waals surface area (Å²) >= 11 is 0. The minimum Gasteiger partial charge on any atom is -0.493 e. The molecule has 6 nitrogen and oxygen atoms in total. The average Bonchev–Trinajstić information content (AvgIpc) is 3.24. The number of nitrogens with zero attached hydrogens (tertiary/aromatic N) is 2. The highest BCUT2D eigenvalue weighted by molar-refractivity contribution is 6.03. The van der Waals surface area contributed by atoms with Gasteiger partial charge in [0.05, 0.1) is 24.6 Å². The van der Waals surface area contributed by atoms with Gasteiger partial charge in [0.15, 0.2) is 18.1 Å². The zero-order valence-corrected chi connectivity index (χ0v) is 16.6. The van der Waals surface area contributed by atoms with Gasteiger partial charge in [-0.05, 0) is 35.4 Å². The number of ether oxygens (including phenoxy) is 2. The van der Waals surface area contributed by atoms with Gasteiger partial charge in [-0.2, -0.15) is 5.10 Å². The second-order valence-electron chi connectivity index (χ2n) is 6.91. The second kappa shape index (κ2) is 8.69. The molecule has 1 N–H and O–H groups in total. The fourth-order valence-corrected chi connectivity index (χ4v) is 3.54. The van der Waals surface area contributed by atoms with Crippen LogP contribution in [0.25, 0.3) is 0 Å². The van der Waals surface area contributed by atoms with E-state index >= 15 is 0 Å². The Morgan fingerprint density at radius 1 is 1.03 bits per heavy atom. The Kier molecular flexibility index (Phi) is 5.66. The summed E-state index contributed by atoms with van der Waals surface area (Å²) < 4.78 is 10.8. The first-order valence-corrected chi connectivity index (χ1v) is 9.65. The minimum absolute atomic E-state index is 0.0231. The van der Waals surface area contributed by atoms with Gasteiger partial charge in [0, 0.05) is 6.42 Å². The van der Waals surface area contributed by atoms with E-state index in [1.54, 1.807) is 13.2 Å². The maximum atomic E-state index is 10.8. The monoisotopic (exact) mass is 402 g/mol. The molecule has 1 aliphatic heterocycles. The Morgan fingerprint density at radius 3 is 2.40 bits per heavy atom. The smallest absolute Gasteiger partial charge is 0.341 e. The van der Waals surface area contributed by atoms with Crippen molar-refractivity contribution in [2.45, 2.75) is 12.5 Å². The molecule has 1 atom stereocenters. The van der Waals surface area contributed by atoms with Crippen molar-refractivity contribution >= 4 is 17.4 Å². The molecule has 3 aromatic rings. The lowest BCUT2D eigenvalue weighted by molar-refractivity contribution is -0.139. The van der Waals surface area contributed by atoms with Gasteiger partial charge in [-0.3, -0.25) is 5.01 Å². The molecule has 3 aromatic carbocycles. The summed E-state index contributed by atoms with van der Waals surface area (Å²) in [6.45, 7) is -0.420. The third-order valence-electron chi connectivity index (χ3n) is 4.96. The number of hydrogen-bond donors (Lipinski definition) is 1. The first-order valence-electron chi connectivity index (χ1n) is 9.65. The molecule has 0 saturated carbocycles. The standard InChI is InChI=1S/C24H22N2O4/c1-29-23-14-18(12-13-22(23)30-16-24(27)28)21-15-20(17-8-4-2-5-9-17)25-26(21)19-10-6-3-7-11-19/h2-14,21H,15-16H2,1H3,(H,27,28)/t21-/m1/s1. The van der Waals surface area contributed by atoms with Gasteiger partial charge in [-0.1, -0.05) is 54.6 Å². The lowest BCUT2D eigenvalue weighted by atomic mass is 9.98. The fourth-order valence-electron chi connectivity index (χ4n) is 3.54. The Morgan fingerprint density at radius 2 is 1.73 bits per heavy atom. The van der Waals surface area contributed by atoms with Crippen LogP contribution in [-0.2, 0) is 4.79 Å². The first-order chi connectivity index (χ1) is 14.7. The molecule has 30 heavy (non-hydrogen) atoms. The molecular formula is C24H22N2O4. The average molecular weight is 402 g/mol. The lowest BCUT2D eigenvalue weighted by Gasteiger charge is -2.24. The number of aliphatic carboxylic acids is 1. The molecule has 6 heteroatoms. The predicted molar refractivity (Wildman–Crippen MR) is 115 cm³/mol. The number of rotatable bonds is 7.